The van der Waals surface area contributed by atoms with E-state index in [1.807, 2.05) is 32.9 Å². The number of carbonyl (C=O) groups excluding carboxylic acids is 2. The van der Waals surface area contributed by atoms with Gasteiger partial charge in [-0.3, -0.25) is 9.59 Å². The molecule has 0 saturated heterocycles. The molecule has 2 rings (SSSR count). The molecule has 0 aliphatic carbocycles. The van der Waals surface area contributed by atoms with Crippen molar-refractivity contribution in [1.82, 2.24) is 4.90 Å². The second kappa shape index (κ2) is 8.69. The van der Waals surface area contributed by atoms with Crippen LogP contribution in [-0.4, -0.2) is 44.5 Å². The zero-order valence-electron chi connectivity index (χ0n) is 16.5. The van der Waals surface area contributed by atoms with Crippen LogP contribution in [0.15, 0.2) is 41.3 Å². The number of likely N-dealkylation sites (N-methyl/N-ethyl adjacent to an activating group) is 1. The van der Waals surface area contributed by atoms with Crippen LogP contribution in [0.5, 0.6) is 0 Å². The zero-order valence-corrected chi connectivity index (χ0v) is 17.3. The Labute approximate surface area is 168 Å². The SMILES string of the molecule is Cc1cc(C)c(NC(=O)CN(C)C(=O)c2ccc(S(=O)(=O)C(F)F)cc2)c(C)c1. The minimum Gasteiger partial charge on any atom is -0.332 e. The van der Waals surface area contributed by atoms with Gasteiger partial charge in [0.15, 0.2) is 0 Å². The molecule has 0 saturated carbocycles. The van der Waals surface area contributed by atoms with E-state index in [1.54, 1.807) is 0 Å². The minimum absolute atomic E-state index is 0.0798. The first kappa shape index (κ1) is 22.5. The standard InChI is InChI=1S/C20H22F2N2O4S/c1-12-9-13(2)18(14(3)10-12)23-17(25)11-24(4)19(26)15-5-7-16(8-6-15)29(27,28)20(21)22/h5-10,20H,11H2,1-4H3,(H,23,25). The Morgan fingerprint density at radius 3 is 2.03 bits per heavy atom. The van der Waals surface area contributed by atoms with Crippen LogP contribution in [0.3, 0.4) is 0 Å². The molecule has 6 nitrogen and oxygen atoms in total. The number of benzene rings is 2. The second-order valence-electron chi connectivity index (χ2n) is 6.81. The number of anilines is 1. The number of nitrogens with one attached hydrogen (secondary N) is 1. The maximum absolute atomic E-state index is 12.6. The van der Waals surface area contributed by atoms with E-state index in [2.05, 4.69) is 5.32 Å². The lowest BCUT2D eigenvalue weighted by Crippen LogP contribution is -2.35. The number of amides is 2. The van der Waals surface area contributed by atoms with Gasteiger partial charge in [-0.05, 0) is 56.2 Å². The van der Waals surface area contributed by atoms with Crippen molar-refractivity contribution < 1.29 is 26.8 Å². The van der Waals surface area contributed by atoms with E-state index in [0.29, 0.717) is 5.69 Å². The Morgan fingerprint density at radius 2 is 1.55 bits per heavy atom. The molecule has 0 aliphatic heterocycles. The van der Waals surface area contributed by atoms with E-state index in [9.17, 15) is 26.8 Å². The van der Waals surface area contributed by atoms with Crippen molar-refractivity contribution in [3.8, 4) is 0 Å². The minimum atomic E-state index is -4.73. The van der Waals surface area contributed by atoms with Crippen LogP contribution in [0, 0.1) is 20.8 Å². The molecule has 156 valence electrons. The number of hydrogen-bond acceptors (Lipinski definition) is 4. The number of halogens is 2. The molecule has 0 unspecified atom stereocenters. The lowest BCUT2D eigenvalue weighted by molar-refractivity contribution is -0.116. The van der Waals surface area contributed by atoms with Crippen molar-refractivity contribution in [2.45, 2.75) is 31.4 Å². The van der Waals surface area contributed by atoms with Gasteiger partial charge in [0.25, 0.3) is 5.91 Å². The van der Waals surface area contributed by atoms with Crippen LogP contribution in [0.1, 0.15) is 27.0 Å². The average Bonchev–Trinajstić information content (AvgIpc) is 2.64. The molecule has 0 aromatic heterocycles. The summed E-state index contributed by atoms with van der Waals surface area (Å²) in [6.07, 6.45) is 0. The number of carbonyl (C=O) groups is 2. The molecule has 29 heavy (non-hydrogen) atoms. The first-order valence-electron chi connectivity index (χ1n) is 8.68. The normalized spacial score (nSPS) is 11.4. The molecular formula is C20H22F2N2O4S. The van der Waals surface area contributed by atoms with Gasteiger partial charge >= 0.3 is 5.76 Å². The van der Waals surface area contributed by atoms with Crippen molar-refractivity contribution in [3.63, 3.8) is 0 Å². The van der Waals surface area contributed by atoms with Crippen molar-refractivity contribution >= 4 is 27.3 Å². The molecule has 0 radical (unpaired) electrons. The predicted molar refractivity (Wildman–Crippen MR) is 106 cm³/mol. The largest absolute Gasteiger partial charge is 0.341 e. The molecule has 0 bridgehead atoms. The number of rotatable bonds is 6. The van der Waals surface area contributed by atoms with E-state index < -0.39 is 32.3 Å². The summed E-state index contributed by atoms with van der Waals surface area (Å²) in [4.78, 5) is 25.4. The molecule has 2 amide bonds. The van der Waals surface area contributed by atoms with Gasteiger partial charge in [-0.25, -0.2) is 8.42 Å². The molecule has 2 aromatic carbocycles. The fourth-order valence-corrected chi connectivity index (χ4v) is 3.67. The van der Waals surface area contributed by atoms with Crippen LogP contribution < -0.4 is 5.32 Å². The Bertz CT molecular complexity index is 1010. The molecule has 0 fully saturated rings. The predicted octanol–water partition coefficient (Wildman–Crippen LogP) is 3.32. The molecule has 0 spiro atoms. The van der Waals surface area contributed by atoms with E-state index >= 15 is 0 Å². The lowest BCUT2D eigenvalue weighted by atomic mass is 10.1. The first-order valence-corrected chi connectivity index (χ1v) is 10.2. The molecule has 1 N–H and O–H groups in total. The first-order chi connectivity index (χ1) is 13.4. The van der Waals surface area contributed by atoms with Crippen LogP contribution in [0.2, 0.25) is 0 Å². The Hall–Kier alpha value is -2.81. The summed E-state index contributed by atoms with van der Waals surface area (Å²) in [6, 6.07) is 8.04. The second-order valence-corrected chi connectivity index (χ2v) is 8.73. The highest BCUT2D eigenvalue weighted by Crippen LogP contribution is 2.22. The van der Waals surface area contributed by atoms with Crippen LogP contribution >= 0.6 is 0 Å². The third-order valence-electron chi connectivity index (χ3n) is 4.33. The maximum atomic E-state index is 12.6. The number of sulfone groups is 1. The Balaban J connectivity index is 2.08. The highest BCUT2D eigenvalue weighted by atomic mass is 32.2. The summed E-state index contributed by atoms with van der Waals surface area (Å²) in [7, 11) is -3.31. The van der Waals surface area contributed by atoms with Crippen molar-refractivity contribution in [3.05, 3.63) is 58.7 Å². The van der Waals surface area contributed by atoms with Gasteiger partial charge in [0.05, 0.1) is 11.4 Å². The summed E-state index contributed by atoms with van der Waals surface area (Å²) >= 11 is 0. The molecule has 0 aliphatic rings. The van der Waals surface area contributed by atoms with E-state index in [4.69, 9.17) is 0 Å². The number of nitrogens with zero attached hydrogens (tertiary/aromatic N) is 1. The Morgan fingerprint density at radius 1 is 1.03 bits per heavy atom. The van der Waals surface area contributed by atoms with Crippen molar-refractivity contribution in [1.29, 1.82) is 0 Å². The van der Waals surface area contributed by atoms with Gasteiger partial charge in [0, 0.05) is 18.3 Å². The van der Waals surface area contributed by atoms with Gasteiger partial charge in [-0.2, -0.15) is 8.78 Å². The van der Waals surface area contributed by atoms with E-state index in [1.165, 1.54) is 7.05 Å². The smallest absolute Gasteiger partial charge is 0.332 e. The topological polar surface area (TPSA) is 83.6 Å². The lowest BCUT2D eigenvalue weighted by Gasteiger charge is -2.18. The summed E-state index contributed by atoms with van der Waals surface area (Å²) in [5.74, 6) is -4.48. The number of aryl methyl sites for hydroxylation is 3. The molecule has 9 heteroatoms. The maximum Gasteiger partial charge on any atom is 0.341 e. The highest BCUT2D eigenvalue weighted by molar-refractivity contribution is 7.91. The molecule has 0 atom stereocenters. The molecular weight excluding hydrogens is 402 g/mol. The van der Waals surface area contributed by atoms with Gasteiger partial charge in [0.2, 0.25) is 15.7 Å². The number of alkyl halides is 2. The van der Waals surface area contributed by atoms with Crippen molar-refractivity contribution in [2.24, 2.45) is 0 Å². The third-order valence-corrected chi connectivity index (χ3v) is 5.73. The quantitative estimate of drug-likeness (QED) is 0.771. The summed E-state index contributed by atoms with van der Waals surface area (Å²) in [5.41, 5.74) is 3.64. The van der Waals surface area contributed by atoms with E-state index in [0.717, 1.165) is 45.9 Å². The van der Waals surface area contributed by atoms with E-state index in [-0.39, 0.29) is 12.1 Å². The van der Waals surface area contributed by atoms with Crippen LogP contribution in [-0.2, 0) is 14.6 Å². The third kappa shape index (κ3) is 5.17. The molecule has 0 heterocycles. The van der Waals surface area contributed by atoms with Gasteiger partial charge in [0.1, 0.15) is 0 Å². The van der Waals surface area contributed by atoms with Crippen molar-refractivity contribution in [2.75, 3.05) is 18.9 Å². The summed E-state index contributed by atoms with van der Waals surface area (Å²) in [6.45, 7) is 5.47. The average molecular weight is 424 g/mol. The summed E-state index contributed by atoms with van der Waals surface area (Å²) in [5, 5.41) is 2.79. The fourth-order valence-electron chi connectivity index (χ4n) is 2.95. The zero-order chi connectivity index (χ0) is 21.9. The van der Waals surface area contributed by atoms with Gasteiger partial charge in [-0.15, -0.1) is 0 Å². The summed E-state index contributed by atoms with van der Waals surface area (Å²) < 4.78 is 48.0. The number of hydrogen-bond donors (Lipinski definition) is 1. The Kier molecular flexibility index (Phi) is 6.73. The highest BCUT2D eigenvalue weighted by Gasteiger charge is 2.26. The molecule has 2 aromatic rings. The monoisotopic (exact) mass is 424 g/mol. The van der Waals surface area contributed by atoms with Crippen LogP contribution in [0.25, 0.3) is 0 Å². The van der Waals surface area contributed by atoms with Gasteiger partial charge < -0.3 is 10.2 Å². The van der Waals surface area contributed by atoms with Crippen LogP contribution in [0.4, 0.5) is 14.5 Å². The van der Waals surface area contributed by atoms with Gasteiger partial charge in [-0.1, -0.05) is 17.7 Å². The fraction of sp³-hybridized carbons (Fsp3) is 0.300.